The number of amides is 3. The van der Waals surface area contributed by atoms with Crippen LogP contribution in [0.15, 0.2) is 36.4 Å². The summed E-state index contributed by atoms with van der Waals surface area (Å²) >= 11 is 11.6. The number of ether oxygens (including phenoxy) is 1. The smallest absolute Gasteiger partial charge is 0.318 e. The number of hydrogen-bond donors (Lipinski definition) is 2. The number of primary amides is 1. The number of benzene rings is 2. The minimum Gasteiger partial charge on any atom is -0.491 e. The molecule has 1 aliphatic rings. The molecule has 3 N–H and O–H groups in total. The summed E-state index contributed by atoms with van der Waals surface area (Å²) in [4.78, 5) is 25.1. The molecule has 0 saturated carbocycles. The predicted octanol–water partition coefficient (Wildman–Crippen LogP) is 3.27. The second-order valence-electron chi connectivity index (χ2n) is 6.13. The van der Waals surface area contributed by atoms with Crippen molar-refractivity contribution < 1.29 is 23.1 Å². The molecule has 2 aromatic rings. The van der Waals surface area contributed by atoms with Crippen LogP contribution >= 0.6 is 23.2 Å². The molecule has 1 heterocycles. The van der Waals surface area contributed by atoms with E-state index in [-0.39, 0.29) is 28.9 Å². The van der Waals surface area contributed by atoms with Gasteiger partial charge in [-0.3, -0.25) is 4.79 Å². The second kappa shape index (κ2) is 8.20. The van der Waals surface area contributed by atoms with E-state index in [1.54, 1.807) is 0 Å². The summed E-state index contributed by atoms with van der Waals surface area (Å²) in [6.45, 7) is -0.0792. The third-order valence-electron chi connectivity index (χ3n) is 4.28. The number of nitrogens with zero attached hydrogens (tertiary/aromatic N) is 1. The van der Waals surface area contributed by atoms with Crippen molar-refractivity contribution in [3.63, 3.8) is 0 Å². The zero-order chi connectivity index (χ0) is 20.4. The Bertz CT molecular complexity index is 929. The van der Waals surface area contributed by atoms with Crippen LogP contribution in [0.1, 0.15) is 11.6 Å². The van der Waals surface area contributed by atoms with E-state index in [1.165, 1.54) is 35.2 Å². The average molecular weight is 430 g/mol. The van der Waals surface area contributed by atoms with Gasteiger partial charge in [0.25, 0.3) is 0 Å². The van der Waals surface area contributed by atoms with Gasteiger partial charge in [0, 0.05) is 6.07 Å². The van der Waals surface area contributed by atoms with Crippen molar-refractivity contribution in [2.24, 2.45) is 5.73 Å². The van der Waals surface area contributed by atoms with Gasteiger partial charge in [-0.1, -0.05) is 29.3 Å². The number of urea groups is 1. The molecule has 2 atom stereocenters. The standard InChI is InChI=1S/C18H15Cl2F2N3O3/c19-11-5-9(1-3-13(11)21)16(25-7-15(17(23)26)24-18(25)27)8-28-10-2-4-14(22)12(20)6-10/h1-6,15-16H,7-8H2,(H2,23,26)(H,24,27)/t15?,16-/m1/s1. The van der Waals surface area contributed by atoms with E-state index >= 15 is 0 Å². The molecule has 0 bridgehead atoms. The third kappa shape index (κ3) is 4.28. The van der Waals surface area contributed by atoms with Crippen LogP contribution in [0.5, 0.6) is 5.75 Å². The Kier molecular flexibility index (Phi) is 5.90. The molecule has 28 heavy (non-hydrogen) atoms. The molecule has 3 amide bonds. The highest BCUT2D eigenvalue weighted by Crippen LogP contribution is 2.29. The van der Waals surface area contributed by atoms with Gasteiger partial charge >= 0.3 is 6.03 Å². The van der Waals surface area contributed by atoms with E-state index in [0.29, 0.717) is 5.56 Å². The lowest BCUT2D eigenvalue weighted by molar-refractivity contribution is -0.119. The number of halogens is 4. The maximum atomic E-state index is 13.5. The molecule has 0 aliphatic carbocycles. The van der Waals surface area contributed by atoms with Crippen molar-refractivity contribution >= 4 is 35.1 Å². The first kappa shape index (κ1) is 20.2. The normalized spacial score (nSPS) is 17.4. The summed E-state index contributed by atoms with van der Waals surface area (Å²) in [5.74, 6) is -1.62. The molecule has 2 aromatic carbocycles. The Hall–Kier alpha value is -2.58. The number of carbonyl (C=O) groups excluding carboxylic acids is 2. The lowest BCUT2D eigenvalue weighted by atomic mass is 10.1. The van der Waals surface area contributed by atoms with Crippen molar-refractivity contribution in [3.05, 3.63) is 63.6 Å². The molecule has 148 valence electrons. The number of nitrogens with two attached hydrogens (primary N) is 1. The Morgan fingerprint density at radius 1 is 1.21 bits per heavy atom. The van der Waals surface area contributed by atoms with Crippen molar-refractivity contribution in [2.75, 3.05) is 13.2 Å². The Balaban J connectivity index is 1.87. The molecule has 0 spiro atoms. The van der Waals surface area contributed by atoms with E-state index in [2.05, 4.69) is 5.32 Å². The lowest BCUT2D eigenvalue weighted by Gasteiger charge is -2.27. The third-order valence-corrected chi connectivity index (χ3v) is 4.86. The number of hydrogen-bond acceptors (Lipinski definition) is 3. The second-order valence-corrected chi connectivity index (χ2v) is 6.95. The van der Waals surface area contributed by atoms with Gasteiger partial charge in [0.1, 0.15) is 30.0 Å². The summed E-state index contributed by atoms with van der Waals surface area (Å²) in [5, 5.41) is 2.23. The molecular formula is C18H15Cl2F2N3O3. The first-order valence-electron chi connectivity index (χ1n) is 8.15. The maximum absolute atomic E-state index is 13.5. The van der Waals surface area contributed by atoms with Crippen LogP contribution in [-0.4, -0.2) is 36.0 Å². The van der Waals surface area contributed by atoms with Gasteiger partial charge in [0.15, 0.2) is 0 Å². The van der Waals surface area contributed by atoms with Gasteiger partial charge in [-0.25, -0.2) is 13.6 Å². The average Bonchev–Trinajstić information content (AvgIpc) is 3.03. The molecule has 0 radical (unpaired) electrons. The quantitative estimate of drug-likeness (QED) is 0.738. The summed E-state index contributed by atoms with van der Waals surface area (Å²) < 4.78 is 32.5. The summed E-state index contributed by atoms with van der Waals surface area (Å²) in [7, 11) is 0. The molecule has 10 heteroatoms. The molecule has 1 unspecified atom stereocenters. The van der Waals surface area contributed by atoms with Crippen molar-refractivity contribution in [1.82, 2.24) is 10.2 Å². The molecule has 1 saturated heterocycles. The minimum atomic E-state index is -0.869. The number of nitrogens with one attached hydrogen (secondary N) is 1. The molecule has 0 aromatic heterocycles. The number of carbonyl (C=O) groups is 2. The van der Waals surface area contributed by atoms with Crippen LogP contribution in [0.3, 0.4) is 0 Å². The van der Waals surface area contributed by atoms with Crippen LogP contribution in [0.4, 0.5) is 13.6 Å². The first-order valence-corrected chi connectivity index (χ1v) is 8.91. The molecule has 6 nitrogen and oxygen atoms in total. The lowest BCUT2D eigenvalue weighted by Crippen LogP contribution is -2.39. The fourth-order valence-corrected chi connectivity index (χ4v) is 3.17. The van der Waals surface area contributed by atoms with E-state index < -0.39 is 35.7 Å². The van der Waals surface area contributed by atoms with Crippen molar-refractivity contribution in [1.29, 1.82) is 0 Å². The summed E-state index contributed by atoms with van der Waals surface area (Å²) in [5.41, 5.74) is 5.75. The van der Waals surface area contributed by atoms with Crippen LogP contribution in [0, 0.1) is 11.6 Å². The SMILES string of the molecule is NC(=O)C1CN([C@H](COc2ccc(F)c(Cl)c2)c2ccc(F)c(Cl)c2)C(=O)N1. The van der Waals surface area contributed by atoms with E-state index in [0.717, 1.165) is 6.07 Å². The van der Waals surface area contributed by atoms with Gasteiger partial charge in [0.05, 0.1) is 22.6 Å². The topological polar surface area (TPSA) is 84.7 Å². The van der Waals surface area contributed by atoms with Crippen LogP contribution in [0.2, 0.25) is 10.0 Å². The maximum Gasteiger partial charge on any atom is 0.318 e. The molecular weight excluding hydrogens is 415 g/mol. The molecule has 1 fully saturated rings. The van der Waals surface area contributed by atoms with Crippen molar-refractivity contribution in [2.45, 2.75) is 12.1 Å². The molecule has 3 rings (SSSR count). The highest BCUT2D eigenvalue weighted by atomic mass is 35.5. The Labute approximate surface area is 169 Å². The van der Waals surface area contributed by atoms with E-state index in [4.69, 9.17) is 33.7 Å². The zero-order valence-electron chi connectivity index (χ0n) is 14.3. The largest absolute Gasteiger partial charge is 0.491 e. The van der Waals surface area contributed by atoms with E-state index in [1.807, 2.05) is 0 Å². The fraction of sp³-hybridized carbons (Fsp3) is 0.222. The molecule has 1 aliphatic heterocycles. The highest BCUT2D eigenvalue weighted by molar-refractivity contribution is 6.31. The predicted molar refractivity (Wildman–Crippen MR) is 99.3 cm³/mol. The van der Waals surface area contributed by atoms with Gasteiger partial charge in [-0.15, -0.1) is 0 Å². The van der Waals surface area contributed by atoms with Crippen LogP contribution < -0.4 is 15.8 Å². The summed E-state index contributed by atoms with van der Waals surface area (Å²) in [6.07, 6.45) is 0. The number of rotatable bonds is 6. The van der Waals surface area contributed by atoms with Gasteiger partial charge in [-0.05, 0) is 29.8 Å². The van der Waals surface area contributed by atoms with Crippen LogP contribution in [0.25, 0.3) is 0 Å². The Morgan fingerprint density at radius 2 is 1.86 bits per heavy atom. The van der Waals surface area contributed by atoms with Crippen molar-refractivity contribution in [3.8, 4) is 5.75 Å². The van der Waals surface area contributed by atoms with Gasteiger partial charge in [-0.2, -0.15) is 0 Å². The van der Waals surface area contributed by atoms with Gasteiger partial charge < -0.3 is 20.7 Å². The fourth-order valence-electron chi connectivity index (χ4n) is 2.81. The highest BCUT2D eigenvalue weighted by Gasteiger charge is 2.37. The summed E-state index contributed by atoms with van der Waals surface area (Å²) in [6, 6.07) is 5.69. The zero-order valence-corrected chi connectivity index (χ0v) is 15.8. The van der Waals surface area contributed by atoms with Crippen LogP contribution in [-0.2, 0) is 4.79 Å². The minimum absolute atomic E-state index is 0.00135. The monoisotopic (exact) mass is 429 g/mol. The van der Waals surface area contributed by atoms with Gasteiger partial charge in [0.2, 0.25) is 5.91 Å². The first-order chi connectivity index (χ1) is 13.3. The van der Waals surface area contributed by atoms with E-state index in [9.17, 15) is 18.4 Å². The Morgan fingerprint density at radius 3 is 2.43 bits per heavy atom.